The molecule has 1 saturated carbocycles. The van der Waals surface area contributed by atoms with Gasteiger partial charge in [-0.05, 0) is 19.3 Å². The molecule has 8 nitrogen and oxygen atoms in total. The summed E-state index contributed by atoms with van der Waals surface area (Å²) in [6, 6.07) is -0.802. The molecule has 1 heterocycles. The third-order valence-corrected chi connectivity index (χ3v) is 4.31. The van der Waals surface area contributed by atoms with E-state index in [1.165, 1.54) is 7.11 Å². The topological polar surface area (TPSA) is 146 Å². The van der Waals surface area contributed by atoms with Crippen LogP contribution in [0.1, 0.15) is 19.3 Å². The van der Waals surface area contributed by atoms with Gasteiger partial charge in [-0.25, -0.2) is 0 Å². The van der Waals surface area contributed by atoms with Crippen molar-refractivity contribution in [1.29, 1.82) is 0 Å². The molecule has 124 valence electrons. The molecule has 1 saturated heterocycles. The van der Waals surface area contributed by atoms with Gasteiger partial charge in [0.05, 0.1) is 6.10 Å². The lowest BCUT2D eigenvalue weighted by atomic mass is 9.84. The zero-order valence-corrected chi connectivity index (χ0v) is 12.3. The smallest absolute Gasteiger partial charge is 0.184 e. The Hall–Kier alpha value is -0.320. The second-order valence-corrected chi connectivity index (χ2v) is 5.86. The first-order chi connectivity index (χ1) is 9.97. The van der Waals surface area contributed by atoms with Crippen molar-refractivity contribution in [3.05, 3.63) is 0 Å². The van der Waals surface area contributed by atoms with E-state index in [0.717, 1.165) is 0 Å². The van der Waals surface area contributed by atoms with Gasteiger partial charge in [-0.1, -0.05) is 0 Å². The average Bonchev–Trinajstić information content (AvgIpc) is 2.45. The molecule has 8 unspecified atom stereocenters. The summed E-state index contributed by atoms with van der Waals surface area (Å²) in [6.07, 6.45) is -2.30. The van der Waals surface area contributed by atoms with Gasteiger partial charge in [0.25, 0.3) is 0 Å². The van der Waals surface area contributed by atoms with Gasteiger partial charge in [0.1, 0.15) is 24.4 Å². The minimum atomic E-state index is -0.970. The van der Waals surface area contributed by atoms with Gasteiger partial charge in [-0.2, -0.15) is 0 Å². The average molecular weight is 305 g/mol. The van der Waals surface area contributed by atoms with Crippen molar-refractivity contribution >= 4 is 0 Å². The minimum Gasteiger partial charge on any atom is -0.388 e. The number of methoxy groups -OCH3 is 1. The summed E-state index contributed by atoms with van der Waals surface area (Å²) in [5, 5.41) is 20.3. The van der Waals surface area contributed by atoms with Crippen molar-refractivity contribution in [3.8, 4) is 0 Å². The largest absolute Gasteiger partial charge is 0.388 e. The summed E-state index contributed by atoms with van der Waals surface area (Å²) < 4.78 is 16.6. The van der Waals surface area contributed by atoms with Crippen LogP contribution < -0.4 is 17.2 Å². The van der Waals surface area contributed by atoms with Gasteiger partial charge in [-0.15, -0.1) is 0 Å². The lowest BCUT2D eigenvalue weighted by molar-refractivity contribution is -0.279. The normalized spacial score (nSPS) is 48.3. The lowest BCUT2D eigenvalue weighted by Gasteiger charge is -2.44. The molecule has 0 aromatic carbocycles. The number of aliphatic hydroxyl groups excluding tert-OH is 2. The Morgan fingerprint density at radius 3 is 2.43 bits per heavy atom. The van der Waals surface area contributed by atoms with Crippen molar-refractivity contribution in [3.63, 3.8) is 0 Å². The van der Waals surface area contributed by atoms with E-state index in [9.17, 15) is 10.2 Å². The van der Waals surface area contributed by atoms with E-state index in [-0.39, 0.29) is 12.1 Å². The van der Waals surface area contributed by atoms with Crippen LogP contribution in [0.3, 0.4) is 0 Å². The SMILES string of the molecule is COC1C(N)CC(N)C(OC2OC(CN)CCC2O)C1O. The van der Waals surface area contributed by atoms with Crippen LogP contribution in [0.25, 0.3) is 0 Å². The van der Waals surface area contributed by atoms with E-state index >= 15 is 0 Å². The van der Waals surface area contributed by atoms with Crippen molar-refractivity contribution in [2.24, 2.45) is 17.2 Å². The van der Waals surface area contributed by atoms with Crippen molar-refractivity contribution in [1.82, 2.24) is 0 Å². The molecule has 1 aliphatic carbocycles. The van der Waals surface area contributed by atoms with Crippen molar-refractivity contribution < 1.29 is 24.4 Å². The Bertz CT molecular complexity index is 335. The molecular formula is C13H27N3O5. The first-order valence-electron chi connectivity index (χ1n) is 7.39. The second-order valence-electron chi connectivity index (χ2n) is 5.86. The summed E-state index contributed by atoms with van der Waals surface area (Å²) >= 11 is 0. The highest BCUT2D eigenvalue weighted by atomic mass is 16.7. The molecule has 0 amide bonds. The highest BCUT2D eigenvalue weighted by Crippen LogP contribution is 2.27. The summed E-state index contributed by atoms with van der Waals surface area (Å²) in [5.41, 5.74) is 17.5. The van der Waals surface area contributed by atoms with Crippen LogP contribution in [0, 0.1) is 0 Å². The van der Waals surface area contributed by atoms with Crippen LogP contribution in [-0.4, -0.2) is 72.8 Å². The molecule has 0 aromatic rings. The predicted molar refractivity (Wildman–Crippen MR) is 75.2 cm³/mol. The van der Waals surface area contributed by atoms with Crippen LogP contribution in [0.2, 0.25) is 0 Å². The number of aliphatic hydroxyl groups is 2. The van der Waals surface area contributed by atoms with E-state index in [1.54, 1.807) is 0 Å². The number of nitrogens with two attached hydrogens (primary N) is 3. The molecule has 2 rings (SSSR count). The maximum absolute atomic E-state index is 10.3. The number of ether oxygens (including phenoxy) is 3. The fraction of sp³-hybridized carbons (Fsp3) is 1.00. The van der Waals surface area contributed by atoms with Gasteiger partial charge in [0.2, 0.25) is 0 Å². The fourth-order valence-electron chi connectivity index (χ4n) is 3.06. The van der Waals surface area contributed by atoms with Crippen LogP contribution in [0.5, 0.6) is 0 Å². The van der Waals surface area contributed by atoms with E-state index in [1.807, 2.05) is 0 Å². The summed E-state index contributed by atoms with van der Waals surface area (Å²) in [6.45, 7) is 0.359. The molecule has 0 bridgehead atoms. The van der Waals surface area contributed by atoms with Gasteiger partial charge >= 0.3 is 0 Å². The van der Waals surface area contributed by atoms with Crippen LogP contribution in [0.15, 0.2) is 0 Å². The monoisotopic (exact) mass is 305 g/mol. The summed E-state index contributed by atoms with van der Waals surface area (Å²) in [4.78, 5) is 0. The minimum absolute atomic E-state index is 0.157. The first-order valence-corrected chi connectivity index (χ1v) is 7.39. The van der Waals surface area contributed by atoms with Gasteiger partial charge < -0.3 is 41.6 Å². The Kier molecular flexibility index (Phi) is 5.92. The third-order valence-electron chi connectivity index (χ3n) is 4.31. The zero-order chi connectivity index (χ0) is 15.6. The molecule has 0 radical (unpaired) electrons. The maximum atomic E-state index is 10.3. The number of rotatable bonds is 4. The molecule has 21 heavy (non-hydrogen) atoms. The number of hydrogen-bond donors (Lipinski definition) is 5. The summed E-state index contributed by atoms with van der Waals surface area (Å²) in [7, 11) is 1.48. The van der Waals surface area contributed by atoms with E-state index < -0.39 is 36.7 Å². The Labute approximate surface area is 124 Å². The highest BCUT2D eigenvalue weighted by Gasteiger charge is 2.45. The molecule has 8 heteroatoms. The standard InChI is InChI=1S/C13H27N3O5/c1-19-11-7(15)4-8(16)12(10(11)18)21-13-9(17)3-2-6(5-14)20-13/h6-13,17-18H,2-5,14-16H2,1H3. The zero-order valence-electron chi connectivity index (χ0n) is 12.3. The van der Waals surface area contributed by atoms with Gasteiger partial charge in [-0.3, -0.25) is 0 Å². The summed E-state index contributed by atoms with van der Waals surface area (Å²) in [5.74, 6) is 0. The van der Waals surface area contributed by atoms with Crippen LogP contribution in [0.4, 0.5) is 0 Å². The predicted octanol–water partition coefficient (Wildman–Crippen LogP) is -2.37. The van der Waals surface area contributed by atoms with Gasteiger partial charge in [0, 0.05) is 25.7 Å². The highest BCUT2D eigenvalue weighted by molar-refractivity contribution is 4.98. The van der Waals surface area contributed by atoms with Gasteiger partial charge in [0.15, 0.2) is 6.29 Å². The van der Waals surface area contributed by atoms with E-state index in [4.69, 9.17) is 31.4 Å². The number of hydrogen-bond acceptors (Lipinski definition) is 8. The lowest BCUT2D eigenvalue weighted by Crippen LogP contribution is -2.64. The molecule has 8 atom stereocenters. The Morgan fingerprint density at radius 2 is 1.81 bits per heavy atom. The van der Waals surface area contributed by atoms with E-state index in [2.05, 4.69) is 0 Å². The molecule has 0 aromatic heterocycles. The van der Waals surface area contributed by atoms with Crippen molar-refractivity contribution in [2.45, 2.75) is 68.2 Å². The fourth-order valence-corrected chi connectivity index (χ4v) is 3.06. The Balaban J connectivity index is 2.02. The molecule has 1 aliphatic heterocycles. The van der Waals surface area contributed by atoms with Crippen LogP contribution in [-0.2, 0) is 14.2 Å². The quantitative estimate of drug-likeness (QED) is 0.387. The molecule has 2 fully saturated rings. The molecule has 0 spiro atoms. The molecular weight excluding hydrogens is 278 g/mol. The molecule has 8 N–H and O–H groups in total. The maximum Gasteiger partial charge on any atom is 0.184 e. The Morgan fingerprint density at radius 1 is 1.14 bits per heavy atom. The van der Waals surface area contributed by atoms with Crippen molar-refractivity contribution in [2.75, 3.05) is 13.7 Å². The van der Waals surface area contributed by atoms with E-state index in [0.29, 0.717) is 25.8 Å². The molecule has 2 aliphatic rings. The van der Waals surface area contributed by atoms with Crippen LogP contribution >= 0.6 is 0 Å². The first kappa shape index (κ1) is 17.0. The second kappa shape index (κ2) is 7.30. The third kappa shape index (κ3) is 3.72.